The molecule has 2 aromatic heterocycles. The fourth-order valence-electron chi connectivity index (χ4n) is 4.53. The first kappa shape index (κ1) is 26.8. The second-order valence-corrected chi connectivity index (χ2v) is 11.5. The van der Waals surface area contributed by atoms with Crippen LogP contribution in [0.25, 0.3) is 11.1 Å². The zero-order chi connectivity index (χ0) is 25.8. The second kappa shape index (κ2) is 10.8. The van der Waals surface area contributed by atoms with Crippen molar-refractivity contribution >= 4 is 40.0 Å². The molecule has 0 radical (unpaired) electrons. The summed E-state index contributed by atoms with van der Waals surface area (Å²) in [4.78, 5) is 22.3. The van der Waals surface area contributed by atoms with Crippen molar-refractivity contribution < 1.29 is 14.6 Å². The summed E-state index contributed by atoms with van der Waals surface area (Å²) in [5.41, 5.74) is 0.542. The van der Waals surface area contributed by atoms with Crippen molar-refractivity contribution in [1.82, 2.24) is 14.9 Å². The summed E-state index contributed by atoms with van der Waals surface area (Å²) < 4.78 is 6.15. The van der Waals surface area contributed by atoms with Gasteiger partial charge in [-0.25, -0.2) is 14.8 Å². The predicted molar refractivity (Wildman–Crippen MR) is 143 cm³/mol. The molecule has 0 aliphatic rings. The van der Waals surface area contributed by atoms with Crippen LogP contribution in [0.2, 0.25) is 5.02 Å². The molecule has 0 spiro atoms. The van der Waals surface area contributed by atoms with Gasteiger partial charge in [0.2, 0.25) is 0 Å². The monoisotopic (exact) mass is 516 g/mol. The number of pyridine rings is 1. The van der Waals surface area contributed by atoms with Crippen molar-refractivity contribution in [2.45, 2.75) is 59.0 Å². The van der Waals surface area contributed by atoms with Crippen LogP contribution in [0.5, 0.6) is 5.75 Å². The van der Waals surface area contributed by atoms with E-state index in [1.807, 2.05) is 63.4 Å². The second-order valence-electron chi connectivity index (χ2n) is 10.2. The molecule has 3 aromatic rings. The molecule has 1 amide bonds. The van der Waals surface area contributed by atoms with Gasteiger partial charge in [-0.15, -0.1) is 11.3 Å². The summed E-state index contributed by atoms with van der Waals surface area (Å²) in [6.45, 7) is 12.0. The molecule has 188 valence electrons. The number of benzene rings is 1. The van der Waals surface area contributed by atoms with Crippen LogP contribution in [0.1, 0.15) is 48.0 Å². The number of anilines is 2. The number of ether oxygens (including phenoxy) is 1. The summed E-state index contributed by atoms with van der Waals surface area (Å²) in [6, 6.07) is 9.44. The van der Waals surface area contributed by atoms with E-state index in [1.165, 1.54) is 16.2 Å². The summed E-state index contributed by atoms with van der Waals surface area (Å²) in [6.07, 6.45) is 3.15. The highest BCUT2D eigenvalue weighted by molar-refractivity contribution is 7.13. The zero-order valence-electron chi connectivity index (χ0n) is 21.0. The Kier molecular flexibility index (Phi) is 8.28. The molecule has 2 heterocycles. The van der Waals surface area contributed by atoms with Crippen LogP contribution >= 0.6 is 22.9 Å². The highest BCUT2D eigenvalue weighted by Crippen LogP contribution is 2.35. The summed E-state index contributed by atoms with van der Waals surface area (Å²) in [7, 11) is 0. The summed E-state index contributed by atoms with van der Waals surface area (Å²) >= 11 is 8.11. The minimum Gasteiger partial charge on any atom is -0.490 e. The van der Waals surface area contributed by atoms with Crippen LogP contribution in [0.4, 0.5) is 15.7 Å². The third-order valence-corrected chi connectivity index (χ3v) is 6.46. The molecule has 35 heavy (non-hydrogen) atoms. The SMILES string of the molecule is CC(C)CC(C)(COc1ccc(-c2ccnc(Nc3nccs3)c2)cc1Cl)N(C(=O)O)C(C)(C)C. The Hall–Kier alpha value is -2.84. The Labute approximate surface area is 216 Å². The van der Waals surface area contributed by atoms with Gasteiger partial charge in [0.25, 0.3) is 0 Å². The van der Waals surface area contributed by atoms with E-state index < -0.39 is 17.2 Å². The molecule has 2 N–H and O–H groups in total. The predicted octanol–water partition coefficient (Wildman–Crippen LogP) is 7.56. The van der Waals surface area contributed by atoms with E-state index in [0.29, 0.717) is 23.0 Å². The van der Waals surface area contributed by atoms with Crippen molar-refractivity contribution in [3.8, 4) is 16.9 Å². The fourth-order valence-corrected chi connectivity index (χ4v) is 5.30. The van der Waals surface area contributed by atoms with E-state index in [0.717, 1.165) is 16.3 Å². The molecule has 0 bridgehead atoms. The lowest BCUT2D eigenvalue weighted by Gasteiger charge is -2.47. The number of amides is 1. The Bertz CT molecular complexity index is 1150. The maximum absolute atomic E-state index is 12.2. The van der Waals surface area contributed by atoms with Gasteiger partial charge in [0, 0.05) is 23.3 Å². The van der Waals surface area contributed by atoms with Crippen LogP contribution in [-0.2, 0) is 0 Å². The van der Waals surface area contributed by atoms with Crippen molar-refractivity contribution in [2.24, 2.45) is 5.92 Å². The van der Waals surface area contributed by atoms with Crippen molar-refractivity contribution in [2.75, 3.05) is 11.9 Å². The first-order chi connectivity index (χ1) is 16.4. The Morgan fingerprint density at radius 2 is 1.86 bits per heavy atom. The van der Waals surface area contributed by atoms with Gasteiger partial charge in [0.1, 0.15) is 18.2 Å². The van der Waals surface area contributed by atoms with Crippen LogP contribution in [0.3, 0.4) is 0 Å². The van der Waals surface area contributed by atoms with Gasteiger partial charge >= 0.3 is 6.09 Å². The molecular formula is C26H33ClN4O3S. The first-order valence-electron chi connectivity index (χ1n) is 11.5. The van der Waals surface area contributed by atoms with E-state index in [4.69, 9.17) is 16.3 Å². The lowest BCUT2D eigenvalue weighted by Crippen LogP contribution is -2.61. The van der Waals surface area contributed by atoms with Gasteiger partial charge in [0.05, 0.1) is 10.6 Å². The molecule has 1 atom stereocenters. The van der Waals surface area contributed by atoms with Crippen molar-refractivity contribution in [3.05, 3.63) is 53.1 Å². The Balaban J connectivity index is 1.81. The van der Waals surface area contributed by atoms with E-state index in [1.54, 1.807) is 12.4 Å². The van der Waals surface area contributed by atoms with Gasteiger partial charge in [-0.1, -0.05) is 31.5 Å². The average Bonchev–Trinajstić information content (AvgIpc) is 3.24. The number of aromatic nitrogens is 2. The van der Waals surface area contributed by atoms with Gasteiger partial charge in [0.15, 0.2) is 5.13 Å². The van der Waals surface area contributed by atoms with E-state index in [2.05, 4.69) is 29.1 Å². The molecule has 0 saturated carbocycles. The third-order valence-electron chi connectivity index (χ3n) is 5.48. The number of nitrogens with zero attached hydrogens (tertiary/aromatic N) is 3. The fraction of sp³-hybridized carbons (Fsp3) is 0.423. The van der Waals surface area contributed by atoms with Crippen molar-refractivity contribution in [1.29, 1.82) is 0 Å². The Morgan fingerprint density at radius 3 is 2.43 bits per heavy atom. The summed E-state index contributed by atoms with van der Waals surface area (Å²) in [5, 5.41) is 16.3. The molecule has 0 aliphatic carbocycles. The molecule has 1 aromatic carbocycles. The Morgan fingerprint density at radius 1 is 1.14 bits per heavy atom. The number of carboxylic acid groups (broad SMARTS) is 1. The smallest absolute Gasteiger partial charge is 0.408 e. The van der Waals surface area contributed by atoms with Gasteiger partial charge < -0.3 is 15.2 Å². The number of halogens is 1. The quantitative estimate of drug-likeness (QED) is 0.305. The average molecular weight is 517 g/mol. The molecule has 7 nitrogen and oxygen atoms in total. The number of hydrogen-bond acceptors (Lipinski definition) is 6. The zero-order valence-corrected chi connectivity index (χ0v) is 22.6. The van der Waals surface area contributed by atoms with Crippen LogP contribution in [0, 0.1) is 5.92 Å². The van der Waals surface area contributed by atoms with E-state index in [9.17, 15) is 9.90 Å². The van der Waals surface area contributed by atoms with Crippen LogP contribution in [-0.4, -0.2) is 43.8 Å². The minimum atomic E-state index is -0.967. The maximum Gasteiger partial charge on any atom is 0.408 e. The van der Waals surface area contributed by atoms with Gasteiger partial charge in [-0.05, 0) is 75.4 Å². The molecule has 1 unspecified atom stereocenters. The van der Waals surface area contributed by atoms with Crippen LogP contribution < -0.4 is 10.1 Å². The minimum absolute atomic E-state index is 0.185. The molecular weight excluding hydrogens is 484 g/mol. The maximum atomic E-state index is 12.2. The van der Waals surface area contributed by atoms with Crippen LogP contribution in [0.15, 0.2) is 48.1 Å². The lowest BCUT2D eigenvalue weighted by molar-refractivity contribution is -0.0108. The largest absolute Gasteiger partial charge is 0.490 e. The number of thiazole rings is 1. The molecule has 0 fully saturated rings. The highest BCUT2D eigenvalue weighted by atomic mass is 35.5. The number of rotatable bonds is 9. The van der Waals surface area contributed by atoms with Crippen molar-refractivity contribution in [3.63, 3.8) is 0 Å². The normalized spacial score (nSPS) is 13.4. The van der Waals surface area contributed by atoms with E-state index in [-0.39, 0.29) is 12.5 Å². The number of carbonyl (C=O) groups is 1. The van der Waals surface area contributed by atoms with Gasteiger partial charge in [-0.3, -0.25) is 4.90 Å². The standard InChI is InChI=1S/C26H33ClN4O3S/c1-17(2)15-26(6,31(24(32)33)25(3,4)5)16-34-21-8-7-18(13-20(21)27)19-9-10-28-22(14-19)30-23-29-11-12-35-23/h7-14,17H,15-16H2,1-6H3,(H,32,33)(H,28,29,30). The number of nitrogens with one attached hydrogen (secondary N) is 1. The van der Waals surface area contributed by atoms with Gasteiger partial charge in [-0.2, -0.15) is 0 Å². The first-order valence-corrected chi connectivity index (χ1v) is 12.7. The summed E-state index contributed by atoms with van der Waals surface area (Å²) in [5.74, 6) is 1.48. The molecule has 3 rings (SSSR count). The number of hydrogen-bond donors (Lipinski definition) is 2. The molecule has 0 saturated heterocycles. The lowest BCUT2D eigenvalue weighted by atomic mass is 9.86. The highest BCUT2D eigenvalue weighted by Gasteiger charge is 2.43. The molecule has 0 aliphatic heterocycles. The van der Waals surface area contributed by atoms with E-state index >= 15 is 0 Å². The molecule has 9 heteroatoms. The topological polar surface area (TPSA) is 87.6 Å². The third kappa shape index (κ3) is 6.86.